The molecular weight excluding hydrogens is 488 g/mol. The van der Waals surface area contributed by atoms with Gasteiger partial charge in [-0.05, 0) is 60.4 Å². The minimum Gasteiger partial charge on any atom is -0.497 e. The SMILES string of the molecule is CCCNC(=O)[C@H](Cc1ccccc1)N(Cc1ccc(Cl)cc1)C(=O)CCCOc1ccc(OC)cc1. The van der Waals surface area contributed by atoms with Crippen LogP contribution in [0.25, 0.3) is 0 Å². The first-order valence-corrected chi connectivity index (χ1v) is 13.0. The van der Waals surface area contributed by atoms with Crippen molar-refractivity contribution in [1.82, 2.24) is 10.2 Å². The summed E-state index contributed by atoms with van der Waals surface area (Å²) in [5, 5.41) is 3.62. The highest BCUT2D eigenvalue weighted by molar-refractivity contribution is 6.30. The van der Waals surface area contributed by atoms with Gasteiger partial charge in [0.15, 0.2) is 0 Å². The molecule has 0 aliphatic heterocycles. The highest BCUT2D eigenvalue weighted by atomic mass is 35.5. The number of carbonyl (C=O) groups excluding carboxylic acids is 2. The van der Waals surface area contributed by atoms with E-state index in [0.717, 1.165) is 23.3 Å². The van der Waals surface area contributed by atoms with Crippen LogP contribution in [0.4, 0.5) is 0 Å². The number of ether oxygens (including phenoxy) is 2. The van der Waals surface area contributed by atoms with Crippen LogP contribution in [-0.2, 0) is 22.6 Å². The molecule has 0 spiro atoms. The fourth-order valence-electron chi connectivity index (χ4n) is 3.94. The topological polar surface area (TPSA) is 67.9 Å². The second-order valence-corrected chi connectivity index (χ2v) is 9.21. The molecule has 0 unspecified atom stereocenters. The lowest BCUT2D eigenvalue weighted by Gasteiger charge is -2.31. The molecule has 0 aromatic heterocycles. The van der Waals surface area contributed by atoms with Gasteiger partial charge in [-0.3, -0.25) is 9.59 Å². The van der Waals surface area contributed by atoms with Crippen molar-refractivity contribution in [1.29, 1.82) is 0 Å². The number of nitrogens with one attached hydrogen (secondary N) is 1. The predicted molar refractivity (Wildman–Crippen MR) is 147 cm³/mol. The van der Waals surface area contributed by atoms with E-state index in [2.05, 4.69) is 5.32 Å². The van der Waals surface area contributed by atoms with Crippen molar-refractivity contribution >= 4 is 23.4 Å². The summed E-state index contributed by atoms with van der Waals surface area (Å²) in [5.74, 6) is 1.22. The van der Waals surface area contributed by atoms with Gasteiger partial charge >= 0.3 is 0 Å². The van der Waals surface area contributed by atoms with Gasteiger partial charge in [0.1, 0.15) is 17.5 Å². The van der Waals surface area contributed by atoms with Crippen LogP contribution in [0.15, 0.2) is 78.9 Å². The summed E-state index contributed by atoms with van der Waals surface area (Å²) in [4.78, 5) is 28.6. The third-order valence-corrected chi connectivity index (χ3v) is 6.20. The third-order valence-electron chi connectivity index (χ3n) is 5.95. The summed E-state index contributed by atoms with van der Waals surface area (Å²) < 4.78 is 11.0. The van der Waals surface area contributed by atoms with E-state index in [9.17, 15) is 9.59 Å². The molecule has 7 heteroatoms. The fraction of sp³-hybridized carbons (Fsp3) is 0.333. The Bertz CT molecular complexity index is 1100. The predicted octanol–water partition coefficient (Wildman–Crippen LogP) is 5.67. The second-order valence-electron chi connectivity index (χ2n) is 8.77. The third kappa shape index (κ3) is 9.14. The molecule has 1 N–H and O–H groups in total. The monoisotopic (exact) mass is 522 g/mol. The molecular formula is C30H35ClN2O4. The van der Waals surface area contributed by atoms with E-state index >= 15 is 0 Å². The maximum Gasteiger partial charge on any atom is 0.243 e. The highest BCUT2D eigenvalue weighted by Gasteiger charge is 2.30. The lowest BCUT2D eigenvalue weighted by atomic mass is 10.0. The van der Waals surface area contributed by atoms with Crippen LogP contribution in [0.1, 0.15) is 37.3 Å². The van der Waals surface area contributed by atoms with Crippen LogP contribution >= 0.6 is 11.6 Å². The molecule has 0 aliphatic carbocycles. The molecule has 0 heterocycles. The van der Waals surface area contributed by atoms with E-state index in [-0.39, 0.29) is 18.2 Å². The van der Waals surface area contributed by atoms with Crippen molar-refractivity contribution in [3.63, 3.8) is 0 Å². The van der Waals surface area contributed by atoms with Crippen molar-refractivity contribution in [3.05, 3.63) is 95.0 Å². The summed E-state index contributed by atoms with van der Waals surface area (Å²) in [7, 11) is 1.62. The molecule has 0 fully saturated rings. The maximum absolute atomic E-state index is 13.6. The van der Waals surface area contributed by atoms with Gasteiger partial charge in [-0.25, -0.2) is 0 Å². The average molecular weight is 523 g/mol. The Morgan fingerprint density at radius 3 is 2.24 bits per heavy atom. The zero-order chi connectivity index (χ0) is 26.5. The number of amides is 2. The Morgan fingerprint density at radius 1 is 0.919 bits per heavy atom. The molecule has 0 saturated carbocycles. The quantitative estimate of drug-likeness (QED) is 0.277. The number of hydrogen-bond donors (Lipinski definition) is 1. The lowest BCUT2D eigenvalue weighted by Crippen LogP contribution is -2.50. The van der Waals surface area contributed by atoms with Crippen LogP contribution in [0.3, 0.4) is 0 Å². The largest absolute Gasteiger partial charge is 0.497 e. The number of halogens is 1. The number of methoxy groups -OCH3 is 1. The van der Waals surface area contributed by atoms with Gasteiger partial charge < -0.3 is 19.7 Å². The molecule has 0 radical (unpaired) electrons. The summed E-state index contributed by atoms with van der Waals surface area (Å²) in [6.07, 6.45) is 2.03. The Labute approximate surface area is 224 Å². The molecule has 37 heavy (non-hydrogen) atoms. The smallest absolute Gasteiger partial charge is 0.243 e. The summed E-state index contributed by atoms with van der Waals surface area (Å²) in [6.45, 7) is 3.26. The Kier molecular flexibility index (Phi) is 11.3. The van der Waals surface area contributed by atoms with Crippen LogP contribution in [0.2, 0.25) is 5.02 Å². The van der Waals surface area contributed by atoms with Crippen molar-refractivity contribution in [2.24, 2.45) is 0 Å². The van der Waals surface area contributed by atoms with E-state index in [1.807, 2.05) is 73.7 Å². The minimum absolute atomic E-state index is 0.0964. The molecule has 0 aliphatic rings. The fourth-order valence-corrected chi connectivity index (χ4v) is 4.06. The molecule has 6 nitrogen and oxygen atoms in total. The molecule has 2 amide bonds. The van der Waals surface area contributed by atoms with Crippen LogP contribution in [0, 0.1) is 0 Å². The molecule has 0 saturated heterocycles. The number of carbonyl (C=O) groups is 2. The standard InChI is InChI=1S/C30H35ClN2O4/c1-3-19-32-30(35)28(21-23-8-5-4-6-9-23)33(22-24-11-13-25(31)14-12-24)29(34)10-7-20-37-27-17-15-26(36-2)16-18-27/h4-6,8-9,11-18,28H,3,7,10,19-22H2,1-2H3,(H,32,35)/t28-/m0/s1. The highest BCUT2D eigenvalue weighted by Crippen LogP contribution is 2.19. The molecule has 3 rings (SSSR count). The van der Waals surface area contributed by atoms with Gasteiger partial charge in [-0.1, -0.05) is 61.0 Å². The van der Waals surface area contributed by atoms with Crippen molar-refractivity contribution in [3.8, 4) is 11.5 Å². The van der Waals surface area contributed by atoms with Crippen LogP contribution in [-0.4, -0.2) is 43.0 Å². The van der Waals surface area contributed by atoms with E-state index in [1.165, 1.54) is 0 Å². The van der Waals surface area contributed by atoms with Crippen LogP contribution < -0.4 is 14.8 Å². The van der Waals surface area contributed by atoms with E-state index in [1.54, 1.807) is 24.1 Å². The van der Waals surface area contributed by atoms with E-state index < -0.39 is 6.04 Å². The van der Waals surface area contributed by atoms with Crippen molar-refractivity contribution in [2.75, 3.05) is 20.3 Å². The number of rotatable bonds is 14. The van der Waals surface area contributed by atoms with E-state index in [4.69, 9.17) is 21.1 Å². The molecule has 1 atom stereocenters. The van der Waals surface area contributed by atoms with Gasteiger partial charge in [0.05, 0.1) is 13.7 Å². The Morgan fingerprint density at radius 2 is 1.59 bits per heavy atom. The summed E-state index contributed by atoms with van der Waals surface area (Å²) in [6, 6.07) is 23.8. The Hall–Kier alpha value is -3.51. The number of hydrogen-bond acceptors (Lipinski definition) is 4. The second kappa shape index (κ2) is 14.9. The first kappa shape index (κ1) is 28.1. The van der Waals surface area contributed by atoms with Crippen LogP contribution in [0.5, 0.6) is 11.5 Å². The lowest BCUT2D eigenvalue weighted by molar-refractivity contribution is -0.141. The van der Waals surface area contributed by atoms with Gasteiger partial charge in [0.25, 0.3) is 0 Å². The first-order valence-electron chi connectivity index (χ1n) is 12.6. The summed E-state index contributed by atoms with van der Waals surface area (Å²) >= 11 is 6.07. The number of benzene rings is 3. The average Bonchev–Trinajstić information content (AvgIpc) is 2.93. The molecule has 0 bridgehead atoms. The van der Waals surface area contributed by atoms with Gasteiger partial charge in [0, 0.05) is 31.0 Å². The van der Waals surface area contributed by atoms with Crippen molar-refractivity contribution in [2.45, 2.75) is 45.2 Å². The van der Waals surface area contributed by atoms with E-state index in [0.29, 0.717) is 43.3 Å². The normalized spacial score (nSPS) is 11.4. The number of nitrogens with zero attached hydrogens (tertiary/aromatic N) is 1. The minimum atomic E-state index is -0.639. The molecule has 3 aromatic rings. The first-order chi connectivity index (χ1) is 18.0. The zero-order valence-corrected chi connectivity index (χ0v) is 22.2. The molecule has 196 valence electrons. The maximum atomic E-state index is 13.6. The van der Waals surface area contributed by atoms with Crippen molar-refractivity contribution < 1.29 is 19.1 Å². The van der Waals surface area contributed by atoms with Gasteiger partial charge in [-0.2, -0.15) is 0 Å². The Balaban J connectivity index is 1.74. The van der Waals surface area contributed by atoms with Gasteiger partial charge in [-0.15, -0.1) is 0 Å². The summed E-state index contributed by atoms with van der Waals surface area (Å²) in [5.41, 5.74) is 1.91. The van der Waals surface area contributed by atoms with Gasteiger partial charge in [0.2, 0.25) is 11.8 Å². The molecule has 3 aromatic carbocycles. The zero-order valence-electron chi connectivity index (χ0n) is 21.5.